The summed E-state index contributed by atoms with van der Waals surface area (Å²) in [4.78, 5) is 18.7. The molecule has 0 amide bonds. The summed E-state index contributed by atoms with van der Waals surface area (Å²) < 4.78 is 1.66. The number of rotatable bonds is 7. The first-order valence-electron chi connectivity index (χ1n) is 5.41. The van der Waals surface area contributed by atoms with E-state index >= 15 is 0 Å². The first-order chi connectivity index (χ1) is 7.99. The monoisotopic (exact) mass is 241 g/mol. The van der Waals surface area contributed by atoms with Crippen LogP contribution in [0.25, 0.3) is 0 Å². The molecule has 1 aromatic rings. The average Bonchev–Trinajstić information content (AvgIpc) is 2.60. The summed E-state index contributed by atoms with van der Waals surface area (Å²) in [6.45, 7) is 2.01. The molecule has 0 saturated carbocycles. The Hall–Kier alpha value is -1.47. The second-order valence-electron chi connectivity index (χ2n) is 4.21. The van der Waals surface area contributed by atoms with Gasteiger partial charge < -0.3 is 10.0 Å². The van der Waals surface area contributed by atoms with Crippen molar-refractivity contribution in [1.82, 2.24) is 24.6 Å². The third-order valence-corrected chi connectivity index (χ3v) is 2.39. The second-order valence-corrected chi connectivity index (χ2v) is 4.21. The molecule has 17 heavy (non-hydrogen) atoms. The Labute approximate surface area is 101 Å². The van der Waals surface area contributed by atoms with E-state index < -0.39 is 5.97 Å². The Balaban J connectivity index is 2.57. The number of carboxylic acids is 1. The lowest BCUT2D eigenvalue weighted by molar-refractivity contribution is -0.138. The second kappa shape index (κ2) is 6.31. The predicted molar refractivity (Wildman–Crippen MR) is 62.5 cm³/mol. The normalized spacial score (nSPS) is 11.4. The quantitative estimate of drug-likeness (QED) is 0.678. The first kappa shape index (κ1) is 13.6. The summed E-state index contributed by atoms with van der Waals surface area (Å²) in [6, 6.07) is 0. The highest BCUT2D eigenvalue weighted by molar-refractivity contribution is 5.69. The van der Waals surface area contributed by atoms with Gasteiger partial charge in [0, 0.05) is 20.1 Å². The highest BCUT2D eigenvalue weighted by Crippen LogP contribution is 1.99. The van der Waals surface area contributed by atoms with E-state index in [9.17, 15) is 4.79 Å². The van der Waals surface area contributed by atoms with Crippen LogP contribution in [0.1, 0.15) is 5.82 Å². The Morgan fingerprint density at radius 2 is 2.18 bits per heavy atom. The average molecular weight is 241 g/mol. The Bertz CT molecular complexity index is 363. The molecule has 1 N–H and O–H groups in total. The van der Waals surface area contributed by atoms with Crippen molar-refractivity contribution in [2.45, 2.75) is 6.54 Å². The molecule has 1 heterocycles. The van der Waals surface area contributed by atoms with Gasteiger partial charge in [0.15, 0.2) is 0 Å². The summed E-state index contributed by atoms with van der Waals surface area (Å²) in [5, 5.41) is 12.8. The van der Waals surface area contributed by atoms with E-state index in [2.05, 4.69) is 10.1 Å². The first-order valence-corrected chi connectivity index (χ1v) is 5.41. The van der Waals surface area contributed by atoms with Gasteiger partial charge in [0.1, 0.15) is 12.2 Å². The van der Waals surface area contributed by atoms with Crippen LogP contribution in [0.4, 0.5) is 0 Å². The summed E-state index contributed by atoms with van der Waals surface area (Å²) >= 11 is 0. The van der Waals surface area contributed by atoms with Crippen LogP contribution in [0.15, 0.2) is 6.33 Å². The minimum absolute atomic E-state index is 0.0146. The van der Waals surface area contributed by atoms with Crippen molar-refractivity contribution in [3.63, 3.8) is 0 Å². The number of likely N-dealkylation sites (N-methyl/N-ethyl adjacent to an activating group) is 1. The molecule has 0 radical (unpaired) electrons. The molecule has 1 aromatic heterocycles. The van der Waals surface area contributed by atoms with E-state index in [-0.39, 0.29) is 6.54 Å². The molecule has 7 nitrogen and oxygen atoms in total. The molecule has 0 aliphatic carbocycles. The molecule has 0 aromatic carbocycles. The predicted octanol–water partition coefficient (Wildman–Crippen LogP) is -0.737. The van der Waals surface area contributed by atoms with Crippen molar-refractivity contribution >= 4 is 5.97 Å². The minimum Gasteiger partial charge on any atom is -0.480 e. The van der Waals surface area contributed by atoms with Crippen LogP contribution in [0.5, 0.6) is 0 Å². The Morgan fingerprint density at radius 1 is 1.47 bits per heavy atom. The van der Waals surface area contributed by atoms with Crippen LogP contribution in [0.3, 0.4) is 0 Å². The van der Waals surface area contributed by atoms with Gasteiger partial charge in [-0.3, -0.25) is 14.4 Å². The molecule has 7 heteroatoms. The molecule has 0 aliphatic heterocycles. The molecule has 96 valence electrons. The fourth-order valence-corrected chi connectivity index (χ4v) is 1.41. The van der Waals surface area contributed by atoms with E-state index in [0.717, 1.165) is 12.4 Å². The van der Waals surface area contributed by atoms with Gasteiger partial charge in [-0.05, 0) is 14.1 Å². The summed E-state index contributed by atoms with van der Waals surface area (Å²) in [5.41, 5.74) is 0. The number of aliphatic carboxylic acids is 1. The van der Waals surface area contributed by atoms with Crippen LogP contribution in [0, 0.1) is 0 Å². The number of hydrogen-bond acceptors (Lipinski definition) is 5. The minimum atomic E-state index is -0.828. The highest BCUT2D eigenvalue weighted by Gasteiger charge is 2.13. The largest absolute Gasteiger partial charge is 0.480 e. The van der Waals surface area contributed by atoms with Gasteiger partial charge in [-0.15, -0.1) is 0 Å². The SMILES string of the molecule is CN(C)CCN(CC(=O)O)Cc1ncnn1C. The summed E-state index contributed by atoms with van der Waals surface area (Å²) in [5.74, 6) is -0.0593. The zero-order chi connectivity index (χ0) is 12.8. The number of carboxylic acid groups (broad SMARTS) is 1. The molecule has 0 bridgehead atoms. The zero-order valence-electron chi connectivity index (χ0n) is 10.5. The number of aromatic nitrogens is 3. The lowest BCUT2D eigenvalue weighted by Gasteiger charge is -2.21. The van der Waals surface area contributed by atoms with Crippen LogP contribution in [0.2, 0.25) is 0 Å². The van der Waals surface area contributed by atoms with Crippen LogP contribution in [-0.4, -0.2) is 69.4 Å². The molecule has 1 rings (SSSR count). The van der Waals surface area contributed by atoms with Crippen molar-refractivity contribution < 1.29 is 9.90 Å². The molecule has 0 atom stereocenters. The van der Waals surface area contributed by atoms with Gasteiger partial charge in [-0.1, -0.05) is 0 Å². The third-order valence-electron chi connectivity index (χ3n) is 2.39. The van der Waals surface area contributed by atoms with E-state index in [1.807, 2.05) is 23.9 Å². The maximum absolute atomic E-state index is 10.8. The molecule has 0 fully saturated rings. The number of nitrogens with zero attached hydrogens (tertiary/aromatic N) is 5. The molecular weight excluding hydrogens is 222 g/mol. The van der Waals surface area contributed by atoms with Crippen LogP contribution in [-0.2, 0) is 18.4 Å². The third kappa shape index (κ3) is 4.92. The maximum atomic E-state index is 10.8. The van der Waals surface area contributed by atoms with Crippen LogP contribution < -0.4 is 0 Å². The topological polar surface area (TPSA) is 74.5 Å². The molecule has 0 spiro atoms. The van der Waals surface area contributed by atoms with Gasteiger partial charge in [-0.2, -0.15) is 5.10 Å². The standard InChI is InChI=1S/C10H19N5O2/c1-13(2)4-5-15(7-10(16)17)6-9-11-8-12-14(9)3/h8H,4-7H2,1-3H3,(H,16,17). The lowest BCUT2D eigenvalue weighted by Crippen LogP contribution is -2.35. The van der Waals surface area contributed by atoms with Crippen molar-refractivity contribution in [3.8, 4) is 0 Å². The Morgan fingerprint density at radius 3 is 2.65 bits per heavy atom. The van der Waals surface area contributed by atoms with Crippen LogP contribution >= 0.6 is 0 Å². The molecule has 0 unspecified atom stereocenters. The zero-order valence-corrected chi connectivity index (χ0v) is 10.5. The van der Waals surface area contributed by atoms with E-state index in [0.29, 0.717) is 13.1 Å². The van der Waals surface area contributed by atoms with Crippen molar-refractivity contribution in [3.05, 3.63) is 12.2 Å². The van der Waals surface area contributed by atoms with Crippen molar-refractivity contribution in [2.24, 2.45) is 7.05 Å². The molecular formula is C10H19N5O2. The lowest BCUT2D eigenvalue weighted by atomic mass is 10.4. The summed E-state index contributed by atoms with van der Waals surface area (Å²) in [6.07, 6.45) is 1.47. The van der Waals surface area contributed by atoms with Gasteiger partial charge >= 0.3 is 5.97 Å². The maximum Gasteiger partial charge on any atom is 0.317 e. The molecule has 0 aliphatic rings. The molecule has 0 saturated heterocycles. The summed E-state index contributed by atoms with van der Waals surface area (Å²) in [7, 11) is 5.72. The van der Waals surface area contributed by atoms with Gasteiger partial charge in [-0.25, -0.2) is 4.98 Å². The van der Waals surface area contributed by atoms with Gasteiger partial charge in [0.05, 0.1) is 13.1 Å². The fourth-order valence-electron chi connectivity index (χ4n) is 1.41. The highest BCUT2D eigenvalue weighted by atomic mass is 16.4. The Kier molecular flexibility index (Phi) is 5.05. The van der Waals surface area contributed by atoms with Gasteiger partial charge in [0.25, 0.3) is 0 Å². The van der Waals surface area contributed by atoms with E-state index in [4.69, 9.17) is 5.11 Å². The van der Waals surface area contributed by atoms with E-state index in [1.165, 1.54) is 6.33 Å². The number of carbonyl (C=O) groups is 1. The fraction of sp³-hybridized carbons (Fsp3) is 0.700. The van der Waals surface area contributed by atoms with E-state index in [1.54, 1.807) is 11.7 Å². The van der Waals surface area contributed by atoms with Gasteiger partial charge in [0.2, 0.25) is 0 Å². The number of hydrogen-bond donors (Lipinski definition) is 1. The smallest absolute Gasteiger partial charge is 0.317 e. The van der Waals surface area contributed by atoms with Crippen molar-refractivity contribution in [1.29, 1.82) is 0 Å². The number of aryl methyl sites for hydroxylation is 1. The van der Waals surface area contributed by atoms with Crippen molar-refractivity contribution in [2.75, 3.05) is 33.7 Å².